The van der Waals surface area contributed by atoms with E-state index in [4.69, 9.17) is 14.2 Å². The van der Waals surface area contributed by atoms with Crippen LogP contribution >= 0.6 is 0 Å². The minimum atomic E-state index is -0.365. The van der Waals surface area contributed by atoms with Gasteiger partial charge in [-0.2, -0.15) is 0 Å². The summed E-state index contributed by atoms with van der Waals surface area (Å²) in [5, 5.41) is 0.996. The molecular weight excluding hydrogens is 452 g/mol. The molecule has 0 aliphatic heterocycles. The molecule has 188 valence electrons. The Bertz CT molecular complexity index is 1390. The molecule has 0 bridgehead atoms. The lowest BCUT2D eigenvalue weighted by molar-refractivity contribution is 0.157. The predicted octanol–water partition coefficient (Wildman–Crippen LogP) is 6.83. The van der Waals surface area contributed by atoms with Crippen molar-refractivity contribution < 1.29 is 19.0 Å². The van der Waals surface area contributed by atoms with Crippen molar-refractivity contribution in [3.05, 3.63) is 77.5 Å². The lowest BCUT2D eigenvalue weighted by Crippen LogP contribution is -2.33. The van der Waals surface area contributed by atoms with Gasteiger partial charge in [0.15, 0.2) is 11.5 Å². The maximum Gasteiger partial charge on any atom is 0.415 e. The zero-order valence-corrected chi connectivity index (χ0v) is 21.9. The SMILES string of the molecule is CCN(CC)C(=O)Oc1ccc2c(ccn2Cc2ccc(C)c(C)c2)c1-c1ccc(OC)c(OC)c1. The van der Waals surface area contributed by atoms with Gasteiger partial charge in [-0.1, -0.05) is 24.3 Å². The van der Waals surface area contributed by atoms with E-state index in [0.29, 0.717) is 30.3 Å². The molecule has 0 N–H and O–H groups in total. The number of aryl methyl sites for hydroxylation is 2. The average molecular weight is 487 g/mol. The number of carbonyl (C=O) groups excluding carboxylic acids is 1. The number of carbonyl (C=O) groups is 1. The third kappa shape index (κ3) is 4.89. The van der Waals surface area contributed by atoms with Crippen LogP contribution in [0.25, 0.3) is 22.0 Å². The molecule has 1 heterocycles. The van der Waals surface area contributed by atoms with Crippen LogP contribution in [0.5, 0.6) is 17.2 Å². The van der Waals surface area contributed by atoms with Crippen molar-refractivity contribution in [1.82, 2.24) is 9.47 Å². The molecule has 1 aromatic heterocycles. The van der Waals surface area contributed by atoms with Gasteiger partial charge in [0.25, 0.3) is 0 Å². The summed E-state index contributed by atoms with van der Waals surface area (Å²) in [4.78, 5) is 14.5. The fraction of sp³-hybridized carbons (Fsp3) is 0.300. The molecule has 6 nitrogen and oxygen atoms in total. The molecule has 0 spiro atoms. The second-order valence-corrected chi connectivity index (χ2v) is 8.84. The summed E-state index contributed by atoms with van der Waals surface area (Å²) in [7, 11) is 3.23. The van der Waals surface area contributed by atoms with Crippen LogP contribution in [0.4, 0.5) is 4.79 Å². The average Bonchev–Trinajstić information content (AvgIpc) is 3.29. The van der Waals surface area contributed by atoms with E-state index < -0.39 is 0 Å². The van der Waals surface area contributed by atoms with E-state index in [0.717, 1.165) is 28.6 Å². The molecule has 36 heavy (non-hydrogen) atoms. The lowest BCUT2D eigenvalue weighted by Gasteiger charge is -2.20. The van der Waals surface area contributed by atoms with Gasteiger partial charge in [0.2, 0.25) is 0 Å². The highest BCUT2D eigenvalue weighted by atomic mass is 16.6. The Hall–Kier alpha value is -3.93. The van der Waals surface area contributed by atoms with E-state index in [1.807, 2.05) is 44.2 Å². The van der Waals surface area contributed by atoms with Crippen molar-refractivity contribution in [2.45, 2.75) is 34.2 Å². The number of amides is 1. The van der Waals surface area contributed by atoms with Gasteiger partial charge in [-0.15, -0.1) is 0 Å². The highest BCUT2D eigenvalue weighted by molar-refractivity contribution is 6.00. The zero-order valence-electron chi connectivity index (χ0n) is 21.9. The Labute approximate surface area is 213 Å². The summed E-state index contributed by atoms with van der Waals surface area (Å²) in [6, 6.07) is 18.3. The van der Waals surface area contributed by atoms with Gasteiger partial charge in [0.05, 0.1) is 14.2 Å². The molecule has 0 saturated heterocycles. The molecule has 0 radical (unpaired) electrons. The molecule has 0 aliphatic rings. The molecule has 1 amide bonds. The van der Waals surface area contributed by atoms with Gasteiger partial charge in [-0.05, 0) is 80.3 Å². The number of nitrogens with zero attached hydrogens (tertiary/aromatic N) is 2. The predicted molar refractivity (Wildman–Crippen MR) is 144 cm³/mol. The zero-order chi connectivity index (χ0) is 25.8. The largest absolute Gasteiger partial charge is 0.493 e. The van der Waals surface area contributed by atoms with Crippen LogP contribution in [0.3, 0.4) is 0 Å². The summed E-state index contributed by atoms with van der Waals surface area (Å²) in [5.74, 6) is 1.76. The van der Waals surface area contributed by atoms with E-state index in [1.165, 1.54) is 16.7 Å². The summed E-state index contributed by atoms with van der Waals surface area (Å²) >= 11 is 0. The third-order valence-corrected chi connectivity index (χ3v) is 6.73. The molecule has 0 saturated carbocycles. The summed E-state index contributed by atoms with van der Waals surface area (Å²) < 4.78 is 19.2. The van der Waals surface area contributed by atoms with Gasteiger partial charge in [-0.3, -0.25) is 0 Å². The van der Waals surface area contributed by atoms with Gasteiger partial charge in [0, 0.05) is 42.3 Å². The number of hydrogen-bond donors (Lipinski definition) is 0. The number of fused-ring (bicyclic) bond motifs is 1. The lowest BCUT2D eigenvalue weighted by atomic mass is 10.00. The van der Waals surface area contributed by atoms with E-state index in [9.17, 15) is 4.79 Å². The maximum absolute atomic E-state index is 12.9. The minimum Gasteiger partial charge on any atom is -0.493 e. The van der Waals surface area contributed by atoms with Crippen LogP contribution in [-0.2, 0) is 6.54 Å². The first kappa shape index (κ1) is 25.2. The molecule has 3 aromatic carbocycles. The van der Waals surface area contributed by atoms with E-state index in [2.05, 4.69) is 48.9 Å². The van der Waals surface area contributed by atoms with Crippen LogP contribution < -0.4 is 14.2 Å². The quantitative estimate of drug-likeness (QED) is 0.274. The Morgan fingerprint density at radius 3 is 2.22 bits per heavy atom. The summed E-state index contributed by atoms with van der Waals surface area (Å²) in [6.45, 7) is 10.0. The monoisotopic (exact) mass is 486 g/mol. The fourth-order valence-corrected chi connectivity index (χ4v) is 4.50. The van der Waals surface area contributed by atoms with Crippen molar-refractivity contribution in [3.63, 3.8) is 0 Å². The first-order valence-corrected chi connectivity index (χ1v) is 12.3. The van der Waals surface area contributed by atoms with Crippen LogP contribution in [0.2, 0.25) is 0 Å². The number of benzene rings is 3. The molecule has 4 aromatic rings. The molecule has 0 unspecified atom stereocenters. The van der Waals surface area contributed by atoms with E-state index >= 15 is 0 Å². The molecule has 0 atom stereocenters. The van der Waals surface area contributed by atoms with Crippen LogP contribution in [0.15, 0.2) is 60.8 Å². The topological polar surface area (TPSA) is 52.9 Å². The van der Waals surface area contributed by atoms with Gasteiger partial charge in [0.1, 0.15) is 5.75 Å². The van der Waals surface area contributed by atoms with Gasteiger partial charge >= 0.3 is 6.09 Å². The van der Waals surface area contributed by atoms with Crippen molar-refractivity contribution in [2.24, 2.45) is 0 Å². The Morgan fingerprint density at radius 1 is 0.833 bits per heavy atom. The summed E-state index contributed by atoms with van der Waals surface area (Å²) in [6.07, 6.45) is 1.72. The second-order valence-electron chi connectivity index (χ2n) is 8.84. The van der Waals surface area contributed by atoms with E-state index in [1.54, 1.807) is 19.1 Å². The molecule has 0 fully saturated rings. The Balaban J connectivity index is 1.84. The van der Waals surface area contributed by atoms with Crippen molar-refractivity contribution in [3.8, 4) is 28.4 Å². The third-order valence-electron chi connectivity index (χ3n) is 6.73. The van der Waals surface area contributed by atoms with E-state index in [-0.39, 0.29) is 6.09 Å². The number of ether oxygens (including phenoxy) is 3. The number of rotatable bonds is 8. The van der Waals surface area contributed by atoms with Gasteiger partial charge < -0.3 is 23.7 Å². The first-order chi connectivity index (χ1) is 17.4. The van der Waals surface area contributed by atoms with Crippen molar-refractivity contribution >= 4 is 17.0 Å². The molecule has 6 heteroatoms. The number of aromatic nitrogens is 1. The van der Waals surface area contributed by atoms with Crippen molar-refractivity contribution in [2.75, 3.05) is 27.3 Å². The maximum atomic E-state index is 12.9. The molecule has 4 rings (SSSR count). The van der Waals surface area contributed by atoms with Crippen molar-refractivity contribution in [1.29, 1.82) is 0 Å². The fourth-order valence-electron chi connectivity index (χ4n) is 4.50. The van der Waals surface area contributed by atoms with Crippen LogP contribution in [-0.4, -0.2) is 42.9 Å². The highest BCUT2D eigenvalue weighted by Gasteiger charge is 2.20. The standard InChI is InChI=1S/C30H34N2O4/c1-7-31(8-2)30(33)36-27-14-12-25-24(29(27)23-11-13-26(34-5)28(18-23)35-6)15-16-32(25)19-22-10-9-20(3)21(4)17-22/h9-18H,7-8,19H2,1-6H3. The van der Waals surface area contributed by atoms with Gasteiger partial charge in [-0.25, -0.2) is 4.79 Å². The van der Waals surface area contributed by atoms with Crippen LogP contribution in [0, 0.1) is 13.8 Å². The molecular formula is C30H34N2O4. The van der Waals surface area contributed by atoms with Crippen LogP contribution in [0.1, 0.15) is 30.5 Å². The number of methoxy groups -OCH3 is 2. The first-order valence-electron chi connectivity index (χ1n) is 12.3. The Kier molecular flexibility index (Phi) is 7.53. The smallest absolute Gasteiger partial charge is 0.415 e. The molecule has 0 aliphatic carbocycles. The summed E-state index contributed by atoms with van der Waals surface area (Å²) in [5.41, 5.74) is 6.57. The number of hydrogen-bond acceptors (Lipinski definition) is 4. The normalized spacial score (nSPS) is 10.9. The second kappa shape index (κ2) is 10.8. The Morgan fingerprint density at radius 2 is 1.56 bits per heavy atom. The highest BCUT2D eigenvalue weighted by Crippen LogP contribution is 2.41. The minimum absolute atomic E-state index is 0.365.